The molecule has 4 heteroatoms. The van der Waals surface area contributed by atoms with E-state index in [0.717, 1.165) is 16.5 Å². The second-order valence-corrected chi connectivity index (χ2v) is 4.72. The van der Waals surface area contributed by atoms with Crippen LogP contribution in [0.3, 0.4) is 0 Å². The Morgan fingerprint density at radius 3 is 2.85 bits per heavy atom. The van der Waals surface area contributed by atoms with Gasteiger partial charge in [-0.25, -0.2) is 4.39 Å². The first kappa shape index (κ1) is 12.4. The highest BCUT2D eigenvalue weighted by molar-refractivity contribution is 5.95. The summed E-state index contributed by atoms with van der Waals surface area (Å²) in [5, 5.41) is 5.33. The summed E-state index contributed by atoms with van der Waals surface area (Å²) in [4.78, 5) is 4.14. The number of halogens is 1. The van der Waals surface area contributed by atoms with E-state index in [4.69, 9.17) is 5.73 Å². The maximum Gasteiger partial charge on any atom is 0.128 e. The second-order valence-electron chi connectivity index (χ2n) is 4.72. The third-order valence-electron chi connectivity index (χ3n) is 3.28. The van der Waals surface area contributed by atoms with Crippen molar-refractivity contribution >= 4 is 27.8 Å². The van der Waals surface area contributed by atoms with E-state index in [9.17, 15) is 4.39 Å². The number of rotatable bonds is 2. The number of hydrogen-bond donors (Lipinski definition) is 2. The van der Waals surface area contributed by atoms with E-state index in [1.807, 2.05) is 24.3 Å². The molecule has 0 aliphatic carbocycles. The van der Waals surface area contributed by atoms with Gasteiger partial charge in [0.05, 0.1) is 11.4 Å². The van der Waals surface area contributed by atoms with E-state index >= 15 is 0 Å². The lowest BCUT2D eigenvalue weighted by Gasteiger charge is -2.13. The van der Waals surface area contributed by atoms with Crippen LogP contribution in [0.2, 0.25) is 0 Å². The lowest BCUT2D eigenvalue weighted by atomic mass is 10.1. The molecular formula is C16H14FN3. The van der Waals surface area contributed by atoms with Gasteiger partial charge in [-0.15, -0.1) is 0 Å². The van der Waals surface area contributed by atoms with Gasteiger partial charge in [0.2, 0.25) is 0 Å². The minimum Gasteiger partial charge on any atom is -0.397 e. The van der Waals surface area contributed by atoms with Crippen LogP contribution in [0.15, 0.2) is 48.8 Å². The van der Waals surface area contributed by atoms with Crippen molar-refractivity contribution in [1.29, 1.82) is 0 Å². The molecule has 0 fully saturated rings. The van der Waals surface area contributed by atoms with E-state index in [1.54, 1.807) is 25.4 Å². The van der Waals surface area contributed by atoms with Crippen LogP contribution in [0.1, 0.15) is 5.56 Å². The molecule has 3 rings (SSSR count). The van der Waals surface area contributed by atoms with Crippen LogP contribution in [0.4, 0.5) is 21.5 Å². The summed E-state index contributed by atoms with van der Waals surface area (Å²) in [6, 6.07) is 10.9. The van der Waals surface area contributed by atoms with E-state index in [0.29, 0.717) is 16.9 Å². The fraction of sp³-hybridized carbons (Fsp3) is 0.0625. The third kappa shape index (κ3) is 2.16. The van der Waals surface area contributed by atoms with Crippen LogP contribution in [-0.4, -0.2) is 4.98 Å². The first-order valence-electron chi connectivity index (χ1n) is 6.30. The summed E-state index contributed by atoms with van der Waals surface area (Å²) in [5.74, 6) is -0.298. The number of hydrogen-bond acceptors (Lipinski definition) is 3. The van der Waals surface area contributed by atoms with Gasteiger partial charge in [-0.05, 0) is 42.1 Å². The maximum atomic E-state index is 13.4. The molecule has 1 aromatic heterocycles. The van der Waals surface area contributed by atoms with Gasteiger partial charge in [0.1, 0.15) is 5.82 Å². The normalized spacial score (nSPS) is 10.7. The summed E-state index contributed by atoms with van der Waals surface area (Å²) < 4.78 is 13.4. The monoisotopic (exact) mass is 267 g/mol. The molecule has 0 aliphatic heterocycles. The van der Waals surface area contributed by atoms with Crippen molar-refractivity contribution in [3.63, 3.8) is 0 Å². The molecule has 3 nitrogen and oxygen atoms in total. The van der Waals surface area contributed by atoms with Gasteiger partial charge in [0, 0.05) is 23.5 Å². The van der Waals surface area contributed by atoms with E-state index in [1.165, 1.54) is 6.07 Å². The third-order valence-corrected chi connectivity index (χ3v) is 3.28. The maximum absolute atomic E-state index is 13.4. The van der Waals surface area contributed by atoms with Crippen molar-refractivity contribution in [3.05, 3.63) is 60.2 Å². The van der Waals surface area contributed by atoms with Gasteiger partial charge >= 0.3 is 0 Å². The molecule has 0 radical (unpaired) electrons. The van der Waals surface area contributed by atoms with Gasteiger partial charge < -0.3 is 11.1 Å². The molecule has 2 aromatic carbocycles. The van der Waals surface area contributed by atoms with Crippen LogP contribution in [0.5, 0.6) is 0 Å². The number of anilines is 3. The molecule has 0 unspecified atom stereocenters. The molecule has 100 valence electrons. The number of aromatic nitrogens is 1. The van der Waals surface area contributed by atoms with Crippen LogP contribution >= 0.6 is 0 Å². The molecule has 3 aromatic rings. The summed E-state index contributed by atoms with van der Waals surface area (Å²) in [6.07, 6.45) is 3.55. The van der Waals surface area contributed by atoms with Crippen LogP contribution < -0.4 is 11.1 Å². The molecule has 0 saturated carbocycles. The van der Waals surface area contributed by atoms with Crippen molar-refractivity contribution in [1.82, 2.24) is 4.98 Å². The fourth-order valence-electron chi connectivity index (χ4n) is 2.17. The van der Waals surface area contributed by atoms with Crippen molar-refractivity contribution in [2.45, 2.75) is 6.92 Å². The largest absolute Gasteiger partial charge is 0.397 e. The first-order chi connectivity index (χ1) is 9.65. The fourth-order valence-corrected chi connectivity index (χ4v) is 2.17. The Morgan fingerprint density at radius 2 is 2.00 bits per heavy atom. The quantitative estimate of drug-likeness (QED) is 0.690. The van der Waals surface area contributed by atoms with Crippen molar-refractivity contribution in [2.75, 3.05) is 11.1 Å². The Bertz CT molecular complexity index is 779. The number of nitrogen functional groups attached to an aromatic ring is 1. The summed E-state index contributed by atoms with van der Waals surface area (Å²) >= 11 is 0. The predicted octanol–water partition coefficient (Wildman–Crippen LogP) is 4.01. The molecule has 0 atom stereocenters. The van der Waals surface area contributed by atoms with Gasteiger partial charge in [0.15, 0.2) is 0 Å². The highest BCUT2D eigenvalue weighted by Crippen LogP contribution is 2.30. The average Bonchev–Trinajstić information content (AvgIpc) is 2.45. The molecule has 20 heavy (non-hydrogen) atoms. The zero-order valence-electron chi connectivity index (χ0n) is 11.0. The minimum absolute atomic E-state index is 0.298. The minimum atomic E-state index is -0.298. The van der Waals surface area contributed by atoms with Gasteiger partial charge in [-0.1, -0.05) is 12.1 Å². The van der Waals surface area contributed by atoms with Crippen molar-refractivity contribution in [2.24, 2.45) is 0 Å². The van der Waals surface area contributed by atoms with Crippen LogP contribution in [0, 0.1) is 12.7 Å². The highest BCUT2D eigenvalue weighted by atomic mass is 19.1. The Morgan fingerprint density at radius 1 is 1.15 bits per heavy atom. The Balaban J connectivity index is 2.08. The number of benzene rings is 2. The number of nitrogens with zero attached hydrogens (tertiary/aromatic N) is 1. The molecule has 0 spiro atoms. The lowest BCUT2D eigenvalue weighted by molar-refractivity contribution is 0.619. The average molecular weight is 267 g/mol. The second kappa shape index (κ2) is 4.81. The van der Waals surface area contributed by atoms with Crippen LogP contribution in [0.25, 0.3) is 10.8 Å². The molecule has 1 heterocycles. The number of nitrogens with one attached hydrogen (secondary N) is 1. The molecule has 0 saturated heterocycles. The molecular weight excluding hydrogens is 253 g/mol. The number of aryl methyl sites for hydroxylation is 1. The topological polar surface area (TPSA) is 50.9 Å². The van der Waals surface area contributed by atoms with E-state index in [2.05, 4.69) is 10.3 Å². The molecule has 0 aliphatic rings. The lowest BCUT2D eigenvalue weighted by Crippen LogP contribution is -1.99. The standard InChI is InChI=1S/C16H14FN3/c1-10-7-16(14(18)8-13(10)17)20-15-4-2-3-11-5-6-19-9-12(11)15/h2-9,20H,18H2,1H3. The van der Waals surface area contributed by atoms with Gasteiger partial charge in [-0.2, -0.15) is 0 Å². The van der Waals surface area contributed by atoms with E-state index < -0.39 is 0 Å². The smallest absolute Gasteiger partial charge is 0.128 e. The summed E-state index contributed by atoms with van der Waals surface area (Å²) in [7, 11) is 0. The molecule has 3 N–H and O–H groups in total. The van der Waals surface area contributed by atoms with Crippen molar-refractivity contribution in [3.8, 4) is 0 Å². The molecule has 0 bridgehead atoms. The number of nitrogens with two attached hydrogens (primary N) is 1. The zero-order chi connectivity index (χ0) is 14.1. The number of pyridine rings is 1. The van der Waals surface area contributed by atoms with Crippen LogP contribution in [-0.2, 0) is 0 Å². The Kier molecular flexibility index (Phi) is 2.99. The van der Waals surface area contributed by atoms with E-state index in [-0.39, 0.29) is 5.82 Å². The summed E-state index contributed by atoms with van der Waals surface area (Å²) in [5.41, 5.74) is 8.39. The van der Waals surface area contributed by atoms with Gasteiger partial charge in [-0.3, -0.25) is 4.98 Å². The highest BCUT2D eigenvalue weighted by Gasteiger charge is 2.07. The number of fused-ring (bicyclic) bond motifs is 1. The SMILES string of the molecule is Cc1cc(Nc2cccc3ccncc23)c(N)cc1F. The first-order valence-corrected chi connectivity index (χ1v) is 6.30. The zero-order valence-corrected chi connectivity index (χ0v) is 11.0. The molecule has 0 amide bonds. The Labute approximate surface area is 116 Å². The summed E-state index contributed by atoms with van der Waals surface area (Å²) in [6.45, 7) is 1.71. The van der Waals surface area contributed by atoms with Crippen molar-refractivity contribution < 1.29 is 4.39 Å². The Hall–Kier alpha value is -2.62. The van der Waals surface area contributed by atoms with Gasteiger partial charge in [0.25, 0.3) is 0 Å². The predicted molar refractivity (Wildman–Crippen MR) is 80.6 cm³/mol.